The van der Waals surface area contributed by atoms with Gasteiger partial charge in [0.2, 0.25) is 5.95 Å². The Balaban J connectivity index is 1.31. The van der Waals surface area contributed by atoms with E-state index in [0.717, 1.165) is 41.6 Å². The van der Waals surface area contributed by atoms with Gasteiger partial charge in [-0.25, -0.2) is 9.97 Å². The average Bonchev–Trinajstić information content (AvgIpc) is 3.28. The molecular formula is C21H23N7. The Morgan fingerprint density at radius 1 is 1.21 bits per heavy atom. The SMILES string of the molecule is CC[C@@H](Nc1nccc(NC2=NCC(C3CC3)=C2)n1)c1ccc2nc[nH]c2c1. The summed E-state index contributed by atoms with van der Waals surface area (Å²) in [5, 5.41) is 6.77. The number of H-pyrrole nitrogens is 1. The number of hydrogen-bond donors (Lipinski definition) is 3. The maximum atomic E-state index is 4.62. The van der Waals surface area contributed by atoms with Crippen LogP contribution in [0.4, 0.5) is 11.8 Å². The summed E-state index contributed by atoms with van der Waals surface area (Å²) in [4.78, 5) is 21.0. The average molecular weight is 373 g/mol. The van der Waals surface area contributed by atoms with Crippen LogP contribution in [0.5, 0.6) is 0 Å². The third kappa shape index (κ3) is 3.47. The Labute approximate surface area is 163 Å². The molecule has 1 fully saturated rings. The highest BCUT2D eigenvalue weighted by molar-refractivity contribution is 6.05. The molecule has 0 saturated heterocycles. The summed E-state index contributed by atoms with van der Waals surface area (Å²) >= 11 is 0. The molecule has 142 valence electrons. The minimum atomic E-state index is 0.119. The number of fused-ring (bicyclic) bond motifs is 1. The van der Waals surface area contributed by atoms with Crippen LogP contribution in [0.25, 0.3) is 11.0 Å². The molecule has 0 radical (unpaired) electrons. The van der Waals surface area contributed by atoms with Crippen molar-refractivity contribution in [3.8, 4) is 0 Å². The summed E-state index contributed by atoms with van der Waals surface area (Å²) in [6, 6.07) is 8.25. The molecule has 1 aromatic carbocycles. The highest BCUT2D eigenvalue weighted by Gasteiger charge is 2.27. The minimum absolute atomic E-state index is 0.119. The summed E-state index contributed by atoms with van der Waals surface area (Å²) in [6.45, 7) is 2.96. The molecule has 0 unspecified atom stereocenters. The lowest BCUT2D eigenvalue weighted by Gasteiger charge is -2.18. The molecule has 3 heterocycles. The zero-order chi connectivity index (χ0) is 18.9. The monoisotopic (exact) mass is 373 g/mol. The van der Waals surface area contributed by atoms with Crippen molar-refractivity contribution >= 4 is 28.6 Å². The second-order valence-corrected chi connectivity index (χ2v) is 7.37. The van der Waals surface area contributed by atoms with Crippen LogP contribution >= 0.6 is 0 Å². The van der Waals surface area contributed by atoms with Gasteiger partial charge in [0.1, 0.15) is 11.7 Å². The van der Waals surface area contributed by atoms with Gasteiger partial charge in [-0.1, -0.05) is 13.0 Å². The van der Waals surface area contributed by atoms with Gasteiger partial charge in [-0.3, -0.25) is 4.99 Å². The van der Waals surface area contributed by atoms with Gasteiger partial charge in [-0.15, -0.1) is 0 Å². The van der Waals surface area contributed by atoms with Crippen LogP contribution in [0.15, 0.2) is 53.4 Å². The highest BCUT2D eigenvalue weighted by atomic mass is 15.2. The van der Waals surface area contributed by atoms with Crippen molar-refractivity contribution in [1.29, 1.82) is 0 Å². The van der Waals surface area contributed by atoms with Crippen molar-refractivity contribution in [2.24, 2.45) is 10.9 Å². The van der Waals surface area contributed by atoms with Crippen LogP contribution < -0.4 is 10.6 Å². The second-order valence-electron chi connectivity index (χ2n) is 7.37. The Hall–Kier alpha value is -3.22. The number of amidine groups is 1. The van der Waals surface area contributed by atoms with Crippen molar-refractivity contribution in [3.05, 3.63) is 54.0 Å². The van der Waals surface area contributed by atoms with Crippen molar-refractivity contribution < 1.29 is 0 Å². The van der Waals surface area contributed by atoms with Gasteiger partial charge in [0.15, 0.2) is 0 Å². The van der Waals surface area contributed by atoms with Gasteiger partial charge in [0, 0.05) is 6.20 Å². The standard InChI is InChI=1S/C21H23N7/c1-2-16(14-5-6-17-18(9-14)25-12-24-17)26-21-22-8-7-19(28-21)27-20-10-15(11-23-20)13-3-4-13/h5-10,12-13,16H,2-4,11H2,1H3,(H,24,25)(H2,22,23,26,27,28)/t16-/m1/s1. The number of aliphatic imine (C=N–C) groups is 1. The molecule has 1 aliphatic heterocycles. The van der Waals surface area contributed by atoms with Crippen molar-refractivity contribution in [2.45, 2.75) is 32.2 Å². The van der Waals surface area contributed by atoms with Crippen LogP contribution in [0.2, 0.25) is 0 Å². The number of nitrogens with one attached hydrogen (secondary N) is 3. The van der Waals surface area contributed by atoms with Gasteiger partial charge in [0.25, 0.3) is 0 Å². The Bertz CT molecular complexity index is 1060. The van der Waals surface area contributed by atoms with Crippen molar-refractivity contribution in [3.63, 3.8) is 0 Å². The second kappa shape index (κ2) is 7.07. The summed E-state index contributed by atoms with van der Waals surface area (Å²) < 4.78 is 0. The van der Waals surface area contributed by atoms with Crippen LogP contribution in [-0.4, -0.2) is 32.3 Å². The molecule has 1 atom stereocenters. The van der Waals surface area contributed by atoms with E-state index in [1.54, 1.807) is 12.5 Å². The first-order chi connectivity index (χ1) is 13.8. The fourth-order valence-electron chi connectivity index (χ4n) is 3.60. The minimum Gasteiger partial charge on any atom is -0.347 e. The first-order valence-corrected chi connectivity index (χ1v) is 9.83. The van der Waals surface area contributed by atoms with E-state index in [0.29, 0.717) is 5.95 Å². The predicted octanol–water partition coefficient (Wildman–Crippen LogP) is 4.08. The van der Waals surface area contributed by atoms with Crippen molar-refractivity contribution in [2.75, 3.05) is 17.2 Å². The molecule has 2 aromatic heterocycles. The Kier molecular flexibility index (Phi) is 4.27. The van der Waals surface area contributed by atoms with Gasteiger partial charge in [0.05, 0.1) is 29.9 Å². The fraction of sp³-hybridized carbons (Fsp3) is 0.333. The molecule has 7 nitrogen and oxygen atoms in total. The largest absolute Gasteiger partial charge is 0.347 e. The van der Waals surface area contributed by atoms with Crippen LogP contribution in [0, 0.1) is 5.92 Å². The summed E-state index contributed by atoms with van der Waals surface area (Å²) in [5.41, 5.74) is 4.62. The van der Waals surface area contributed by atoms with E-state index in [2.05, 4.69) is 60.7 Å². The topological polar surface area (TPSA) is 90.9 Å². The molecule has 28 heavy (non-hydrogen) atoms. The van der Waals surface area contributed by atoms with E-state index in [1.165, 1.54) is 24.0 Å². The normalized spacial score (nSPS) is 17.3. The predicted molar refractivity (Wildman–Crippen MR) is 112 cm³/mol. The molecule has 3 N–H and O–H groups in total. The lowest BCUT2D eigenvalue weighted by molar-refractivity contribution is 0.739. The highest BCUT2D eigenvalue weighted by Crippen LogP contribution is 2.37. The van der Waals surface area contributed by atoms with E-state index in [1.807, 2.05) is 12.1 Å². The number of imidazole rings is 1. The zero-order valence-electron chi connectivity index (χ0n) is 15.8. The number of nitrogens with zero attached hydrogens (tertiary/aromatic N) is 4. The number of aromatic nitrogens is 4. The molecular weight excluding hydrogens is 350 g/mol. The maximum Gasteiger partial charge on any atom is 0.225 e. The van der Waals surface area contributed by atoms with Gasteiger partial charge in [-0.2, -0.15) is 4.98 Å². The number of anilines is 2. The molecule has 5 rings (SSSR count). The molecule has 2 aliphatic rings. The summed E-state index contributed by atoms with van der Waals surface area (Å²) in [6.07, 6.45) is 9.18. The molecule has 0 spiro atoms. The number of benzene rings is 1. The zero-order valence-corrected chi connectivity index (χ0v) is 15.8. The van der Waals surface area contributed by atoms with Crippen molar-refractivity contribution in [1.82, 2.24) is 19.9 Å². The third-order valence-corrected chi connectivity index (χ3v) is 5.33. The Morgan fingerprint density at radius 2 is 2.14 bits per heavy atom. The molecule has 1 saturated carbocycles. The number of aromatic amines is 1. The van der Waals surface area contributed by atoms with E-state index in [4.69, 9.17) is 0 Å². The first kappa shape index (κ1) is 16.9. The fourth-order valence-corrected chi connectivity index (χ4v) is 3.60. The lowest BCUT2D eigenvalue weighted by atomic mass is 10.0. The molecule has 0 bridgehead atoms. The molecule has 7 heteroatoms. The number of hydrogen-bond acceptors (Lipinski definition) is 6. The third-order valence-electron chi connectivity index (χ3n) is 5.33. The quantitative estimate of drug-likeness (QED) is 0.606. The first-order valence-electron chi connectivity index (χ1n) is 9.83. The van der Waals surface area contributed by atoms with Gasteiger partial charge < -0.3 is 15.6 Å². The van der Waals surface area contributed by atoms with E-state index < -0.39 is 0 Å². The Morgan fingerprint density at radius 3 is 3.00 bits per heavy atom. The van der Waals surface area contributed by atoms with E-state index >= 15 is 0 Å². The smallest absolute Gasteiger partial charge is 0.225 e. The van der Waals surface area contributed by atoms with E-state index in [9.17, 15) is 0 Å². The summed E-state index contributed by atoms with van der Waals surface area (Å²) in [7, 11) is 0. The van der Waals surface area contributed by atoms with Crippen LogP contribution in [-0.2, 0) is 0 Å². The van der Waals surface area contributed by atoms with Crippen LogP contribution in [0.3, 0.4) is 0 Å². The van der Waals surface area contributed by atoms with Crippen LogP contribution in [0.1, 0.15) is 37.8 Å². The molecule has 3 aromatic rings. The lowest BCUT2D eigenvalue weighted by Crippen LogP contribution is -2.14. The van der Waals surface area contributed by atoms with Gasteiger partial charge in [-0.05, 0) is 60.6 Å². The summed E-state index contributed by atoms with van der Waals surface area (Å²) in [5.74, 6) is 3.00. The maximum absolute atomic E-state index is 4.62. The number of rotatable bonds is 6. The molecule has 0 amide bonds. The molecule has 1 aliphatic carbocycles. The van der Waals surface area contributed by atoms with E-state index in [-0.39, 0.29) is 6.04 Å². The van der Waals surface area contributed by atoms with Gasteiger partial charge >= 0.3 is 0 Å².